The minimum atomic E-state index is -0.972. The fourth-order valence-corrected chi connectivity index (χ4v) is 2.58. The van der Waals surface area contributed by atoms with Crippen LogP contribution in [0.15, 0.2) is 54.6 Å². The molecule has 0 atom stereocenters. The van der Waals surface area contributed by atoms with E-state index in [1.165, 1.54) is 12.1 Å². The second-order valence-electron chi connectivity index (χ2n) is 5.27. The Morgan fingerprint density at radius 2 is 1.83 bits per heavy atom. The van der Waals surface area contributed by atoms with Crippen molar-refractivity contribution in [3.63, 3.8) is 0 Å². The van der Waals surface area contributed by atoms with Crippen LogP contribution >= 0.6 is 0 Å². The fraction of sp³-hybridized carbons (Fsp3) is 0.111. The van der Waals surface area contributed by atoms with Gasteiger partial charge in [0.2, 0.25) is 0 Å². The Balaban J connectivity index is 2.11. The SMILES string of the molecule is COCc1nn(-c2ccc(C(=O)O)cc2)c(N)c1-c1ccccc1. The number of methoxy groups -OCH3 is 1. The molecule has 3 aromatic rings. The number of carboxylic acids is 1. The van der Waals surface area contributed by atoms with Crippen molar-refractivity contribution in [2.45, 2.75) is 6.61 Å². The number of carboxylic acid groups (broad SMARTS) is 1. The Morgan fingerprint density at radius 1 is 1.17 bits per heavy atom. The molecule has 0 bridgehead atoms. The molecule has 0 aliphatic carbocycles. The predicted octanol–water partition coefficient (Wildman–Crippen LogP) is 2.97. The molecule has 0 radical (unpaired) electrons. The van der Waals surface area contributed by atoms with Gasteiger partial charge in [0, 0.05) is 12.7 Å². The molecule has 3 N–H and O–H groups in total. The fourth-order valence-electron chi connectivity index (χ4n) is 2.58. The topological polar surface area (TPSA) is 90.4 Å². The summed E-state index contributed by atoms with van der Waals surface area (Å²) in [5, 5.41) is 13.5. The summed E-state index contributed by atoms with van der Waals surface area (Å²) in [5.74, 6) is -0.489. The molecule has 6 heteroatoms. The highest BCUT2D eigenvalue weighted by Crippen LogP contribution is 2.32. The molecular weight excluding hydrogens is 306 g/mol. The highest BCUT2D eigenvalue weighted by atomic mass is 16.5. The molecule has 1 heterocycles. The molecule has 0 saturated heterocycles. The van der Waals surface area contributed by atoms with Crippen LogP contribution in [0.4, 0.5) is 5.82 Å². The largest absolute Gasteiger partial charge is 0.478 e. The highest BCUT2D eigenvalue weighted by molar-refractivity contribution is 5.87. The normalized spacial score (nSPS) is 10.7. The van der Waals surface area contributed by atoms with Gasteiger partial charge in [0.15, 0.2) is 0 Å². The van der Waals surface area contributed by atoms with E-state index in [1.54, 1.807) is 23.9 Å². The van der Waals surface area contributed by atoms with Gasteiger partial charge in [0.25, 0.3) is 0 Å². The van der Waals surface area contributed by atoms with Gasteiger partial charge in [-0.15, -0.1) is 0 Å². The molecule has 0 fully saturated rings. The van der Waals surface area contributed by atoms with Crippen molar-refractivity contribution in [2.24, 2.45) is 0 Å². The van der Waals surface area contributed by atoms with Gasteiger partial charge in [0.1, 0.15) is 5.82 Å². The van der Waals surface area contributed by atoms with Crippen LogP contribution in [0.3, 0.4) is 0 Å². The number of anilines is 1. The van der Waals surface area contributed by atoms with Crippen LogP contribution in [-0.2, 0) is 11.3 Å². The molecular formula is C18H17N3O3. The van der Waals surface area contributed by atoms with E-state index in [0.29, 0.717) is 18.1 Å². The van der Waals surface area contributed by atoms with E-state index in [1.807, 2.05) is 30.3 Å². The van der Waals surface area contributed by atoms with E-state index in [4.69, 9.17) is 15.6 Å². The number of hydrogen-bond acceptors (Lipinski definition) is 4. The van der Waals surface area contributed by atoms with Gasteiger partial charge < -0.3 is 15.6 Å². The van der Waals surface area contributed by atoms with Gasteiger partial charge in [0.05, 0.1) is 23.6 Å². The quantitative estimate of drug-likeness (QED) is 0.753. The summed E-state index contributed by atoms with van der Waals surface area (Å²) in [5.41, 5.74) is 9.73. The second-order valence-corrected chi connectivity index (χ2v) is 5.27. The van der Waals surface area contributed by atoms with Crippen LogP contribution in [0.2, 0.25) is 0 Å². The summed E-state index contributed by atoms with van der Waals surface area (Å²) in [4.78, 5) is 11.0. The number of hydrogen-bond donors (Lipinski definition) is 2. The first-order chi connectivity index (χ1) is 11.6. The lowest BCUT2D eigenvalue weighted by Gasteiger charge is -2.06. The first kappa shape index (κ1) is 15.8. The Morgan fingerprint density at radius 3 is 2.42 bits per heavy atom. The number of aromatic nitrogens is 2. The van der Waals surface area contributed by atoms with Gasteiger partial charge in [-0.05, 0) is 29.8 Å². The number of nitrogen functional groups attached to an aromatic ring is 1. The lowest BCUT2D eigenvalue weighted by Crippen LogP contribution is -2.03. The molecule has 122 valence electrons. The van der Waals surface area contributed by atoms with Crippen molar-refractivity contribution in [1.29, 1.82) is 0 Å². The number of benzene rings is 2. The third kappa shape index (κ3) is 2.87. The maximum absolute atomic E-state index is 11.0. The number of rotatable bonds is 5. The van der Waals surface area contributed by atoms with E-state index in [0.717, 1.165) is 16.8 Å². The molecule has 0 aliphatic heterocycles. The molecule has 1 aromatic heterocycles. The summed E-state index contributed by atoms with van der Waals surface area (Å²) in [6.07, 6.45) is 0. The molecule has 24 heavy (non-hydrogen) atoms. The number of aromatic carboxylic acids is 1. The minimum absolute atomic E-state index is 0.213. The van der Waals surface area contributed by atoms with Gasteiger partial charge >= 0.3 is 5.97 Å². The van der Waals surface area contributed by atoms with Crippen molar-refractivity contribution >= 4 is 11.8 Å². The zero-order chi connectivity index (χ0) is 17.1. The van der Waals surface area contributed by atoms with Crippen molar-refractivity contribution in [3.05, 3.63) is 65.9 Å². The molecule has 0 unspecified atom stereocenters. The van der Waals surface area contributed by atoms with Crippen LogP contribution in [0.25, 0.3) is 16.8 Å². The number of nitrogens with zero attached hydrogens (tertiary/aromatic N) is 2. The summed E-state index contributed by atoms with van der Waals surface area (Å²) < 4.78 is 6.84. The summed E-state index contributed by atoms with van der Waals surface area (Å²) in [7, 11) is 1.60. The smallest absolute Gasteiger partial charge is 0.335 e. The first-order valence-corrected chi connectivity index (χ1v) is 7.37. The van der Waals surface area contributed by atoms with Crippen LogP contribution in [0.5, 0.6) is 0 Å². The number of carbonyl (C=O) groups is 1. The third-order valence-electron chi connectivity index (χ3n) is 3.70. The van der Waals surface area contributed by atoms with E-state index < -0.39 is 5.97 Å². The average Bonchev–Trinajstić information content (AvgIpc) is 2.92. The number of ether oxygens (including phenoxy) is 1. The van der Waals surface area contributed by atoms with Crippen molar-refractivity contribution < 1.29 is 14.6 Å². The summed E-state index contributed by atoms with van der Waals surface area (Å²) >= 11 is 0. The molecule has 0 amide bonds. The Hall–Kier alpha value is -3.12. The standard InChI is InChI=1S/C18H17N3O3/c1-24-11-15-16(12-5-3-2-4-6-12)17(19)21(20-15)14-9-7-13(8-10-14)18(22)23/h2-10H,11,19H2,1H3,(H,22,23). The van der Waals surface area contributed by atoms with Crippen LogP contribution < -0.4 is 5.73 Å². The Labute approximate surface area is 139 Å². The van der Waals surface area contributed by atoms with Gasteiger partial charge in [-0.3, -0.25) is 0 Å². The van der Waals surface area contributed by atoms with Crippen molar-refractivity contribution in [3.8, 4) is 16.8 Å². The van der Waals surface area contributed by atoms with E-state index in [2.05, 4.69) is 5.10 Å². The molecule has 3 rings (SSSR count). The lowest BCUT2D eigenvalue weighted by atomic mass is 10.1. The van der Waals surface area contributed by atoms with E-state index in [-0.39, 0.29) is 5.56 Å². The molecule has 0 spiro atoms. The second kappa shape index (κ2) is 6.55. The Kier molecular flexibility index (Phi) is 4.31. The van der Waals surface area contributed by atoms with Crippen molar-refractivity contribution in [1.82, 2.24) is 9.78 Å². The molecule has 0 saturated carbocycles. The predicted molar refractivity (Wildman–Crippen MR) is 91.1 cm³/mol. The van der Waals surface area contributed by atoms with Crippen molar-refractivity contribution in [2.75, 3.05) is 12.8 Å². The first-order valence-electron chi connectivity index (χ1n) is 7.37. The maximum Gasteiger partial charge on any atom is 0.335 e. The molecule has 0 aliphatic rings. The number of nitrogens with two attached hydrogens (primary N) is 1. The highest BCUT2D eigenvalue weighted by Gasteiger charge is 2.18. The summed E-state index contributed by atoms with van der Waals surface area (Å²) in [6.45, 7) is 0.328. The minimum Gasteiger partial charge on any atom is -0.478 e. The average molecular weight is 323 g/mol. The lowest BCUT2D eigenvalue weighted by molar-refractivity contribution is 0.0697. The van der Waals surface area contributed by atoms with E-state index in [9.17, 15) is 4.79 Å². The summed E-state index contributed by atoms with van der Waals surface area (Å²) in [6, 6.07) is 16.1. The Bertz CT molecular complexity index is 855. The molecule has 2 aromatic carbocycles. The third-order valence-corrected chi connectivity index (χ3v) is 3.70. The van der Waals surface area contributed by atoms with E-state index >= 15 is 0 Å². The maximum atomic E-state index is 11.0. The van der Waals surface area contributed by atoms with Gasteiger partial charge in [-0.25, -0.2) is 9.48 Å². The monoisotopic (exact) mass is 323 g/mol. The van der Waals surface area contributed by atoms with Crippen LogP contribution in [0.1, 0.15) is 16.1 Å². The van der Waals surface area contributed by atoms with Gasteiger partial charge in [-0.1, -0.05) is 30.3 Å². The zero-order valence-electron chi connectivity index (χ0n) is 13.1. The zero-order valence-corrected chi connectivity index (χ0v) is 13.1. The molecule has 6 nitrogen and oxygen atoms in total. The van der Waals surface area contributed by atoms with Crippen LogP contribution in [0, 0.1) is 0 Å². The van der Waals surface area contributed by atoms with Gasteiger partial charge in [-0.2, -0.15) is 5.10 Å². The van der Waals surface area contributed by atoms with Crippen LogP contribution in [-0.4, -0.2) is 28.0 Å².